The molecule has 0 radical (unpaired) electrons. The van der Waals surface area contributed by atoms with Crippen LogP contribution < -0.4 is 0 Å². The molecule has 3 aliphatic carbocycles. The quantitative estimate of drug-likeness (QED) is 0.630. The summed E-state index contributed by atoms with van der Waals surface area (Å²) in [6, 6.07) is 0. The first-order chi connectivity index (χ1) is 5.88. The van der Waals surface area contributed by atoms with Crippen LogP contribution in [0.2, 0.25) is 0 Å². The van der Waals surface area contributed by atoms with Crippen LogP contribution in [0.15, 0.2) is 0 Å². The lowest BCUT2D eigenvalue weighted by atomic mass is 9.86. The van der Waals surface area contributed by atoms with Gasteiger partial charge in [-0.05, 0) is 48.3 Å². The van der Waals surface area contributed by atoms with Crippen LogP contribution in [0.25, 0.3) is 0 Å². The SMILES string of the molecule is OC[C@@H]1[C@H](CO)[C@@H]2CC[C@H]3C2[C@@H]13. The van der Waals surface area contributed by atoms with Crippen molar-refractivity contribution in [2.75, 3.05) is 13.2 Å². The molecule has 3 fully saturated rings. The predicted molar refractivity (Wildman–Crippen MR) is 44.3 cm³/mol. The standard InChI is InChI=1S/C10H16O2/c11-3-7-5-1-2-6-9(5)10(6)8(7)4-12/h5-12H,1-4H2/t5-,6-,7+,8+,9?,10+/m0/s1. The summed E-state index contributed by atoms with van der Waals surface area (Å²) in [7, 11) is 0. The van der Waals surface area contributed by atoms with Crippen LogP contribution in [-0.4, -0.2) is 23.4 Å². The van der Waals surface area contributed by atoms with Crippen LogP contribution in [0.3, 0.4) is 0 Å². The van der Waals surface area contributed by atoms with Crippen LogP contribution in [0.4, 0.5) is 0 Å². The predicted octanol–water partition coefficient (Wildman–Crippen LogP) is 0.489. The third kappa shape index (κ3) is 0.647. The largest absolute Gasteiger partial charge is 0.396 e. The Morgan fingerprint density at radius 1 is 0.833 bits per heavy atom. The third-order valence-electron chi connectivity index (χ3n) is 4.64. The zero-order chi connectivity index (χ0) is 8.29. The molecule has 1 unspecified atom stereocenters. The molecule has 3 saturated carbocycles. The normalized spacial score (nSPS) is 60.5. The Morgan fingerprint density at radius 3 is 2.17 bits per heavy atom. The van der Waals surface area contributed by atoms with E-state index in [1.54, 1.807) is 0 Å². The summed E-state index contributed by atoms with van der Waals surface area (Å²) in [5, 5.41) is 18.4. The van der Waals surface area contributed by atoms with Crippen LogP contribution in [0.1, 0.15) is 12.8 Å². The van der Waals surface area contributed by atoms with Crippen molar-refractivity contribution in [3.05, 3.63) is 0 Å². The van der Waals surface area contributed by atoms with Crippen LogP contribution in [0, 0.1) is 35.5 Å². The molecule has 68 valence electrons. The molecule has 2 heteroatoms. The summed E-state index contributed by atoms with van der Waals surface area (Å²) in [6.45, 7) is 0.606. The minimum atomic E-state index is 0.301. The van der Waals surface area contributed by atoms with E-state index < -0.39 is 0 Å². The monoisotopic (exact) mass is 168 g/mol. The van der Waals surface area contributed by atoms with E-state index in [0.29, 0.717) is 25.0 Å². The Labute approximate surface area is 72.6 Å². The zero-order valence-corrected chi connectivity index (χ0v) is 7.19. The molecule has 0 spiro atoms. The van der Waals surface area contributed by atoms with Gasteiger partial charge in [-0.3, -0.25) is 0 Å². The Bertz CT molecular complexity index is 200. The van der Waals surface area contributed by atoms with Crippen molar-refractivity contribution in [3.8, 4) is 0 Å². The fourth-order valence-corrected chi connectivity index (χ4v) is 4.23. The van der Waals surface area contributed by atoms with E-state index in [1.807, 2.05) is 0 Å². The number of hydrogen-bond acceptors (Lipinski definition) is 2. The Balaban J connectivity index is 1.86. The second-order valence-corrected chi connectivity index (χ2v) is 4.75. The van der Waals surface area contributed by atoms with Crippen LogP contribution in [-0.2, 0) is 0 Å². The lowest BCUT2D eigenvalue weighted by Gasteiger charge is -2.22. The first-order valence-electron chi connectivity index (χ1n) is 5.10. The van der Waals surface area contributed by atoms with Gasteiger partial charge in [0, 0.05) is 13.2 Å². The van der Waals surface area contributed by atoms with Gasteiger partial charge in [0.25, 0.3) is 0 Å². The summed E-state index contributed by atoms with van der Waals surface area (Å²) in [4.78, 5) is 0. The summed E-state index contributed by atoms with van der Waals surface area (Å²) >= 11 is 0. The van der Waals surface area contributed by atoms with Crippen LogP contribution >= 0.6 is 0 Å². The first kappa shape index (κ1) is 7.34. The van der Waals surface area contributed by atoms with Gasteiger partial charge in [0.2, 0.25) is 0 Å². The van der Waals surface area contributed by atoms with Crippen molar-refractivity contribution in [2.45, 2.75) is 12.8 Å². The number of aliphatic hydroxyl groups excluding tert-OH is 2. The van der Waals surface area contributed by atoms with Gasteiger partial charge in [-0.15, -0.1) is 0 Å². The van der Waals surface area contributed by atoms with Crippen molar-refractivity contribution in [3.63, 3.8) is 0 Å². The Morgan fingerprint density at radius 2 is 1.50 bits per heavy atom. The molecule has 3 aliphatic rings. The van der Waals surface area contributed by atoms with E-state index in [9.17, 15) is 10.2 Å². The highest BCUT2D eigenvalue weighted by atomic mass is 16.3. The number of rotatable bonds is 2. The maximum atomic E-state index is 9.22. The van der Waals surface area contributed by atoms with Gasteiger partial charge in [0.05, 0.1) is 0 Å². The third-order valence-corrected chi connectivity index (χ3v) is 4.64. The van der Waals surface area contributed by atoms with Crippen molar-refractivity contribution < 1.29 is 10.2 Å². The second-order valence-electron chi connectivity index (χ2n) is 4.75. The maximum absolute atomic E-state index is 9.22. The zero-order valence-electron chi connectivity index (χ0n) is 7.19. The van der Waals surface area contributed by atoms with Gasteiger partial charge >= 0.3 is 0 Å². The highest BCUT2D eigenvalue weighted by Crippen LogP contribution is 2.72. The topological polar surface area (TPSA) is 40.5 Å². The molecule has 0 heterocycles. The van der Waals surface area contributed by atoms with E-state index >= 15 is 0 Å². The highest BCUT2D eigenvalue weighted by Gasteiger charge is 2.68. The number of aliphatic hydroxyl groups is 2. The molecule has 0 aromatic rings. The fraction of sp³-hybridized carbons (Fsp3) is 1.00. The van der Waals surface area contributed by atoms with Crippen molar-refractivity contribution in [1.82, 2.24) is 0 Å². The summed E-state index contributed by atoms with van der Waals surface area (Å²) in [5.41, 5.74) is 0. The molecular weight excluding hydrogens is 152 g/mol. The molecule has 0 bridgehead atoms. The van der Waals surface area contributed by atoms with E-state index in [0.717, 1.165) is 23.7 Å². The van der Waals surface area contributed by atoms with E-state index in [4.69, 9.17) is 0 Å². The smallest absolute Gasteiger partial charge is 0.0465 e. The molecule has 2 nitrogen and oxygen atoms in total. The van der Waals surface area contributed by atoms with Gasteiger partial charge in [-0.1, -0.05) is 0 Å². The average molecular weight is 168 g/mol. The van der Waals surface area contributed by atoms with E-state index in [-0.39, 0.29) is 0 Å². The first-order valence-corrected chi connectivity index (χ1v) is 5.10. The van der Waals surface area contributed by atoms with Crippen molar-refractivity contribution >= 4 is 0 Å². The lowest BCUT2D eigenvalue weighted by Crippen LogP contribution is -2.24. The van der Waals surface area contributed by atoms with E-state index in [2.05, 4.69) is 0 Å². The molecule has 6 atom stereocenters. The van der Waals surface area contributed by atoms with Gasteiger partial charge < -0.3 is 10.2 Å². The molecule has 2 N–H and O–H groups in total. The summed E-state index contributed by atoms with van der Waals surface area (Å²) < 4.78 is 0. The maximum Gasteiger partial charge on any atom is 0.0465 e. The molecule has 0 aromatic heterocycles. The van der Waals surface area contributed by atoms with Crippen molar-refractivity contribution in [1.29, 1.82) is 0 Å². The minimum Gasteiger partial charge on any atom is -0.396 e. The molecule has 0 aromatic carbocycles. The minimum absolute atomic E-state index is 0.301. The Hall–Kier alpha value is -0.0800. The van der Waals surface area contributed by atoms with Gasteiger partial charge in [-0.2, -0.15) is 0 Å². The van der Waals surface area contributed by atoms with Crippen molar-refractivity contribution in [2.24, 2.45) is 35.5 Å². The molecule has 12 heavy (non-hydrogen) atoms. The molecule has 0 aliphatic heterocycles. The lowest BCUT2D eigenvalue weighted by molar-refractivity contribution is 0.101. The molecule has 0 amide bonds. The highest BCUT2D eigenvalue weighted by molar-refractivity contribution is 5.16. The molecular formula is C10H16O2. The Kier molecular flexibility index (Phi) is 1.37. The van der Waals surface area contributed by atoms with Gasteiger partial charge in [-0.25, -0.2) is 0 Å². The van der Waals surface area contributed by atoms with E-state index in [1.165, 1.54) is 12.8 Å². The number of fused-ring (bicyclic) bond motifs is 1. The molecule has 0 saturated heterocycles. The van der Waals surface area contributed by atoms with Gasteiger partial charge in [0.1, 0.15) is 0 Å². The number of hydrogen-bond donors (Lipinski definition) is 2. The van der Waals surface area contributed by atoms with Gasteiger partial charge in [0.15, 0.2) is 0 Å². The second kappa shape index (κ2) is 2.24. The average Bonchev–Trinajstić information content (AvgIpc) is 2.52. The van der Waals surface area contributed by atoms with Crippen LogP contribution in [0.5, 0.6) is 0 Å². The summed E-state index contributed by atoms with van der Waals surface area (Å²) in [6.07, 6.45) is 2.68. The summed E-state index contributed by atoms with van der Waals surface area (Å²) in [5.74, 6) is 4.28. The molecule has 3 rings (SSSR count). The fourth-order valence-electron chi connectivity index (χ4n) is 4.23.